The van der Waals surface area contributed by atoms with Crippen molar-refractivity contribution in [1.29, 1.82) is 0 Å². The summed E-state index contributed by atoms with van der Waals surface area (Å²) >= 11 is 12.4. The summed E-state index contributed by atoms with van der Waals surface area (Å²) in [5.41, 5.74) is 0.0580. The maximum Gasteiger partial charge on any atom is 0.419 e. The molecular formula is C27H30Cl2F4N4O2. The fourth-order valence-electron chi connectivity index (χ4n) is 5.31. The molecule has 12 heteroatoms. The van der Waals surface area contributed by atoms with Crippen molar-refractivity contribution in [3.63, 3.8) is 0 Å². The zero-order chi connectivity index (χ0) is 28.3. The summed E-state index contributed by atoms with van der Waals surface area (Å²) in [6.45, 7) is 4.29. The zero-order valence-electron chi connectivity index (χ0n) is 21.3. The average Bonchev–Trinajstić information content (AvgIpc) is 3.46. The number of rotatable bonds is 8. The SMILES string of the molecule is CC(=O)N[C@@H]1CCN(CC(=O)N2CC(NCCc3ccc(C(F)(F)F)c(F)c3)C(c3ccc(Cl)c(Cl)c3)C2)C1. The van der Waals surface area contributed by atoms with Crippen LogP contribution in [0.3, 0.4) is 0 Å². The molecule has 4 rings (SSSR count). The minimum absolute atomic E-state index is 0.0299. The summed E-state index contributed by atoms with van der Waals surface area (Å²) in [4.78, 5) is 28.4. The molecule has 0 saturated carbocycles. The fourth-order valence-corrected chi connectivity index (χ4v) is 5.62. The van der Waals surface area contributed by atoms with Crippen molar-refractivity contribution in [2.45, 2.75) is 43.9 Å². The van der Waals surface area contributed by atoms with E-state index in [1.54, 1.807) is 17.0 Å². The van der Waals surface area contributed by atoms with E-state index in [4.69, 9.17) is 23.2 Å². The van der Waals surface area contributed by atoms with E-state index in [0.29, 0.717) is 54.8 Å². The normalized spacial score (nSPS) is 21.9. The quantitative estimate of drug-likeness (QED) is 0.446. The van der Waals surface area contributed by atoms with E-state index in [1.807, 2.05) is 11.0 Å². The van der Waals surface area contributed by atoms with Crippen molar-refractivity contribution >= 4 is 35.0 Å². The molecule has 2 aromatic rings. The molecule has 2 aliphatic rings. The van der Waals surface area contributed by atoms with E-state index in [9.17, 15) is 27.2 Å². The monoisotopic (exact) mass is 588 g/mol. The number of hydrogen-bond acceptors (Lipinski definition) is 4. The minimum Gasteiger partial charge on any atom is -0.352 e. The molecule has 2 aliphatic heterocycles. The first-order valence-corrected chi connectivity index (χ1v) is 13.5. The summed E-state index contributed by atoms with van der Waals surface area (Å²) < 4.78 is 52.6. The Morgan fingerprint density at radius 2 is 1.82 bits per heavy atom. The first kappa shape index (κ1) is 29.6. The molecule has 39 heavy (non-hydrogen) atoms. The third kappa shape index (κ3) is 7.63. The molecule has 0 aromatic heterocycles. The second-order valence-electron chi connectivity index (χ2n) is 10.1. The van der Waals surface area contributed by atoms with Crippen molar-refractivity contribution in [1.82, 2.24) is 20.4 Å². The van der Waals surface area contributed by atoms with Crippen LogP contribution >= 0.6 is 23.2 Å². The second-order valence-corrected chi connectivity index (χ2v) is 10.9. The van der Waals surface area contributed by atoms with Crippen LogP contribution in [-0.4, -0.2) is 73.0 Å². The minimum atomic E-state index is -4.74. The number of carbonyl (C=O) groups is 2. The maximum absolute atomic E-state index is 14.0. The fraction of sp³-hybridized carbons (Fsp3) is 0.481. The summed E-state index contributed by atoms with van der Waals surface area (Å²) in [6.07, 6.45) is -3.65. The molecular weight excluding hydrogens is 559 g/mol. The van der Waals surface area contributed by atoms with E-state index < -0.39 is 17.6 Å². The first-order chi connectivity index (χ1) is 18.4. The van der Waals surface area contributed by atoms with E-state index in [0.717, 1.165) is 24.1 Å². The van der Waals surface area contributed by atoms with Gasteiger partial charge in [-0.2, -0.15) is 13.2 Å². The number of carbonyl (C=O) groups excluding carboxylic acids is 2. The third-order valence-corrected chi connectivity index (χ3v) is 7.98. The largest absolute Gasteiger partial charge is 0.419 e. The van der Waals surface area contributed by atoms with Gasteiger partial charge in [0.15, 0.2) is 0 Å². The van der Waals surface area contributed by atoms with Gasteiger partial charge in [-0.25, -0.2) is 4.39 Å². The third-order valence-electron chi connectivity index (χ3n) is 7.24. The van der Waals surface area contributed by atoms with Crippen LogP contribution in [0, 0.1) is 5.82 Å². The summed E-state index contributed by atoms with van der Waals surface area (Å²) in [6, 6.07) is 8.17. The predicted molar refractivity (Wildman–Crippen MR) is 141 cm³/mol. The highest BCUT2D eigenvalue weighted by Gasteiger charge is 2.37. The zero-order valence-corrected chi connectivity index (χ0v) is 22.8. The van der Waals surface area contributed by atoms with Crippen molar-refractivity contribution < 1.29 is 27.2 Å². The molecule has 0 radical (unpaired) electrons. The molecule has 212 valence electrons. The van der Waals surface area contributed by atoms with Crippen LogP contribution < -0.4 is 10.6 Å². The first-order valence-electron chi connectivity index (χ1n) is 12.7. The Bertz CT molecular complexity index is 1210. The Morgan fingerprint density at radius 1 is 1.05 bits per heavy atom. The van der Waals surface area contributed by atoms with E-state index in [2.05, 4.69) is 10.6 Å². The molecule has 2 unspecified atom stereocenters. The van der Waals surface area contributed by atoms with Gasteiger partial charge in [-0.3, -0.25) is 14.5 Å². The van der Waals surface area contributed by atoms with Crippen molar-refractivity contribution in [3.8, 4) is 0 Å². The number of amides is 2. The lowest BCUT2D eigenvalue weighted by Gasteiger charge is -2.21. The molecule has 2 N–H and O–H groups in total. The van der Waals surface area contributed by atoms with Gasteiger partial charge in [-0.15, -0.1) is 0 Å². The molecule has 2 saturated heterocycles. The Balaban J connectivity index is 1.41. The van der Waals surface area contributed by atoms with E-state index >= 15 is 0 Å². The van der Waals surface area contributed by atoms with Gasteiger partial charge < -0.3 is 15.5 Å². The highest BCUT2D eigenvalue weighted by molar-refractivity contribution is 6.42. The van der Waals surface area contributed by atoms with Gasteiger partial charge in [0.25, 0.3) is 0 Å². The highest BCUT2D eigenvalue weighted by atomic mass is 35.5. The van der Waals surface area contributed by atoms with Gasteiger partial charge in [0, 0.05) is 51.1 Å². The van der Waals surface area contributed by atoms with Crippen LogP contribution in [0.15, 0.2) is 36.4 Å². The van der Waals surface area contributed by atoms with E-state index in [1.165, 1.54) is 13.0 Å². The predicted octanol–water partition coefficient (Wildman–Crippen LogP) is 4.49. The van der Waals surface area contributed by atoms with Gasteiger partial charge in [0.05, 0.1) is 22.2 Å². The number of hydrogen-bond donors (Lipinski definition) is 2. The lowest BCUT2D eigenvalue weighted by Crippen LogP contribution is -2.42. The topological polar surface area (TPSA) is 64.7 Å². The summed E-state index contributed by atoms with van der Waals surface area (Å²) in [5, 5.41) is 7.12. The van der Waals surface area contributed by atoms with E-state index in [-0.39, 0.29) is 36.4 Å². The Kier molecular flexibility index (Phi) is 9.41. The molecule has 0 spiro atoms. The number of nitrogens with one attached hydrogen (secondary N) is 2. The Hall–Kier alpha value is -2.40. The van der Waals surface area contributed by atoms with Crippen molar-refractivity contribution in [3.05, 3.63) is 69.0 Å². The number of alkyl halides is 3. The van der Waals surface area contributed by atoms with Crippen molar-refractivity contribution in [2.75, 3.05) is 39.3 Å². The van der Waals surface area contributed by atoms with Gasteiger partial charge in [-0.1, -0.05) is 35.3 Å². The number of halogens is 6. The maximum atomic E-state index is 14.0. The van der Waals surface area contributed by atoms with Crippen LogP contribution in [-0.2, 0) is 22.2 Å². The molecule has 0 bridgehead atoms. The number of nitrogens with zero attached hydrogens (tertiary/aromatic N) is 2. The lowest BCUT2D eigenvalue weighted by atomic mass is 9.94. The molecule has 2 amide bonds. The van der Waals surface area contributed by atoms with Crippen LogP contribution in [0.25, 0.3) is 0 Å². The average molecular weight is 589 g/mol. The van der Waals surface area contributed by atoms with Crippen LogP contribution in [0.2, 0.25) is 10.0 Å². The number of likely N-dealkylation sites (tertiary alicyclic amines) is 2. The van der Waals surface area contributed by atoms with Gasteiger partial charge in [-0.05, 0) is 54.8 Å². The number of benzene rings is 2. The lowest BCUT2D eigenvalue weighted by molar-refractivity contribution is -0.140. The van der Waals surface area contributed by atoms with Gasteiger partial charge in [0.1, 0.15) is 5.82 Å². The summed E-state index contributed by atoms with van der Waals surface area (Å²) in [7, 11) is 0. The molecule has 2 aromatic carbocycles. The van der Waals surface area contributed by atoms with Crippen LogP contribution in [0.4, 0.5) is 17.6 Å². The smallest absolute Gasteiger partial charge is 0.352 e. The highest BCUT2D eigenvalue weighted by Crippen LogP contribution is 2.33. The molecule has 6 nitrogen and oxygen atoms in total. The van der Waals surface area contributed by atoms with Crippen LogP contribution in [0.1, 0.15) is 36.0 Å². The molecule has 3 atom stereocenters. The molecule has 2 heterocycles. The Labute approximate surface area is 234 Å². The molecule has 0 aliphatic carbocycles. The van der Waals surface area contributed by atoms with Crippen LogP contribution in [0.5, 0.6) is 0 Å². The standard InChI is InChI=1S/C27H30Cl2F4N4O2/c1-16(38)35-19-7-9-36(12-19)15-26(39)37-13-20(18-3-5-22(28)23(29)11-18)25(14-37)34-8-6-17-2-4-21(24(30)10-17)27(31,32)33/h2-5,10-11,19-20,25,34H,6-9,12-15H2,1H3,(H,35,38)/t19-,20?,25?/m1/s1. The second kappa shape index (κ2) is 12.4. The van der Waals surface area contributed by atoms with Gasteiger partial charge in [0.2, 0.25) is 11.8 Å². The Morgan fingerprint density at radius 3 is 2.49 bits per heavy atom. The molecule has 2 fully saturated rings. The van der Waals surface area contributed by atoms with Gasteiger partial charge >= 0.3 is 6.18 Å². The summed E-state index contributed by atoms with van der Waals surface area (Å²) in [5.74, 6) is -1.52. The van der Waals surface area contributed by atoms with Crippen molar-refractivity contribution in [2.24, 2.45) is 0 Å².